The molecule has 1 heterocycles. The predicted octanol–water partition coefficient (Wildman–Crippen LogP) is 2.84. The number of nitrogen functional groups attached to an aromatic ring is 1. The lowest BCUT2D eigenvalue weighted by atomic mass is 9.90. The van der Waals surface area contributed by atoms with E-state index in [2.05, 4.69) is 22.9 Å². The number of piperidine rings is 1. The first-order valence-corrected chi connectivity index (χ1v) is 8.71. The Morgan fingerprint density at radius 3 is 2.60 bits per heavy atom. The lowest BCUT2D eigenvalue weighted by Gasteiger charge is -2.34. The highest BCUT2D eigenvalue weighted by atomic mass is 79.9. The average Bonchev–Trinajstić information content (AvgIpc) is 2.36. The topological polar surface area (TPSA) is 63.4 Å². The van der Waals surface area contributed by atoms with E-state index >= 15 is 0 Å². The predicted molar refractivity (Wildman–Crippen MR) is 80.2 cm³/mol. The Hall–Kier alpha value is -0.660. The Bertz CT molecular complexity index is 621. The molecule has 4 nitrogen and oxygen atoms in total. The van der Waals surface area contributed by atoms with Crippen LogP contribution in [0.4, 0.5) is 10.1 Å². The number of hydrogen-bond acceptors (Lipinski definition) is 3. The summed E-state index contributed by atoms with van der Waals surface area (Å²) in [5, 5.41) is 0. The van der Waals surface area contributed by atoms with Crippen molar-refractivity contribution in [1.82, 2.24) is 4.31 Å². The first-order valence-electron chi connectivity index (χ1n) is 6.48. The molecule has 0 aliphatic carbocycles. The van der Waals surface area contributed by atoms with E-state index in [9.17, 15) is 12.8 Å². The lowest BCUT2D eigenvalue weighted by molar-refractivity contribution is 0.212. The monoisotopic (exact) mass is 364 g/mol. The summed E-state index contributed by atoms with van der Waals surface area (Å²) >= 11 is 3.00. The largest absolute Gasteiger partial charge is 0.399 e. The minimum atomic E-state index is -3.85. The maximum Gasteiger partial charge on any atom is 0.246 e. The maximum absolute atomic E-state index is 14.1. The van der Waals surface area contributed by atoms with Crippen LogP contribution in [0.5, 0.6) is 0 Å². The summed E-state index contributed by atoms with van der Waals surface area (Å²) in [5.74, 6) is -0.0598. The number of nitrogens with two attached hydrogens (primary N) is 1. The van der Waals surface area contributed by atoms with Gasteiger partial charge in [0.2, 0.25) is 10.0 Å². The molecule has 0 bridgehead atoms. The minimum absolute atomic E-state index is 0.0644. The van der Waals surface area contributed by atoms with Crippen molar-refractivity contribution in [2.24, 2.45) is 11.8 Å². The van der Waals surface area contributed by atoms with E-state index in [1.165, 1.54) is 16.4 Å². The standard InChI is InChI=1S/C13H18BrFN2O2S/c1-8-3-4-17(7-9(8)2)20(18,19)12-6-10(16)5-11(14)13(12)15/h5-6,8-9H,3-4,7,16H2,1-2H3. The molecule has 0 aromatic heterocycles. The Labute approximate surface area is 127 Å². The molecule has 2 rings (SSSR count). The molecule has 2 N–H and O–H groups in total. The molecule has 2 unspecified atom stereocenters. The SMILES string of the molecule is CC1CCN(S(=O)(=O)c2cc(N)cc(Br)c2F)CC1C. The third kappa shape index (κ3) is 2.84. The van der Waals surface area contributed by atoms with Gasteiger partial charge in [0.15, 0.2) is 5.82 Å². The van der Waals surface area contributed by atoms with Crippen LogP contribution in [0.2, 0.25) is 0 Å². The number of hydrogen-bond donors (Lipinski definition) is 1. The summed E-state index contributed by atoms with van der Waals surface area (Å²) < 4.78 is 40.7. The number of benzene rings is 1. The molecule has 2 atom stereocenters. The van der Waals surface area contributed by atoms with Gasteiger partial charge < -0.3 is 5.73 Å². The molecule has 1 aromatic carbocycles. The van der Waals surface area contributed by atoms with Crippen LogP contribution < -0.4 is 5.73 Å². The zero-order chi connectivity index (χ0) is 15.1. The average molecular weight is 365 g/mol. The minimum Gasteiger partial charge on any atom is -0.399 e. The van der Waals surface area contributed by atoms with Gasteiger partial charge in [-0.05, 0) is 46.3 Å². The molecular formula is C13H18BrFN2O2S. The molecule has 7 heteroatoms. The van der Waals surface area contributed by atoms with E-state index in [4.69, 9.17) is 5.73 Å². The first-order chi connectivity index (χ1) is 9.23. The number of rotatable bonds is 2. The highest BCUT2D eigenvalue weighted by molar-refractivity contribution is 9.10. The van der Waals surface area contributed by atoms with Crippen LogP contribution in [0.1, 0.15) is 20.3 Å². The van der Waals surface area contributed by atoms with E-state index in [1.807, 2.05) is 6.92 Å². The van der Waals surface area contributed by atoms with E-state index in [1.54, 1.807) is 0 Å². The fraction of sp³-hybridized carbons (Fsp3) is 0.538. The van der Waals surface area contributed by atoms with Gasteiger partial charge in [-0.3, -0.25) is 0 Å². The Balaban J connectivity index is 2.41. The van der Waals surface area contributed by atoms with Crippen molar-refractivity contribution in [1.29, 1.82) is 0 Å². The van der Waals surface area contributed by atoms with Gasteiger partial charge in [0.25, 0.3) is 0 Å². The molecule has 1 aliphatic rings. The summed E-state index contributed by atoms with van der Waals surface area (Å²) in [5.41, 5.74) is 5.84. The first kappa shape index (κ1) is 15.7. The Morgan fingerprint density at radius 1 is 1.35 bits per heavy atom. The van der Waals surface area contributed by atoms with E-state index in [0.717, 1.165) is 6.42 Å². The second-order valence-electron chi connectivity index (χ2n) is 5.42. The highest BCUT2D eigenvalue weighted by Gasteiger charge is 2.34. The van der Waals surface area contributed by atoms with Gasteiger partial charge in [0, 0.05) is 18.8 Å². The molecule has 20 heavy (non-hydrogen) atoms. The van der Waals surface area contributed by atoms with Gasteiger partial charge in [0.05, 0.1) is 4.47 Å². The highest BCUT2D eigenvalue weighted by Crippen LogP contribution is 2.31. The van der Waals surface area contributed by atoms with E-state index in [-0.39, 0.29) is 21.0 Å². The summed E-state index contributed by atoms with van der Waals surface area (Å²) in [6.07, 6.45) is 0.783. The van der Waals surface area contributed by atoms with Gasteiger partial charge in [0.1, 0.15) is 4.90 Å². The summed E-state index contributed by atoms with van der Waals surface area (Å²) in [4.78, 5) is -0.355. The molecule has 1 aromatic rings. The summed E-state index contributed by atoms with van der Waals surface area (Å²) in [6.45, 7) is 4.94. The quantitative estimate of drug-likeness (QED) is 0.820. The zero-order valence-corrected chi connectivity index (χ0v) is 13.8. The van der Waals surface area contributed by atoms with Crippen molar-refractivity contribution in [2.75, 3.05) is 18.8 Å². The number of halogens is 2. The summed E-state index contributed by atoms with van der Waals surface area (Å²) in [6, 6.07) is 2.54. The molecule has 0 radical (unpaired) electrons. The summed E-state index contributed by atoms with van der Waals surface area (Å²) in [7, 11) is -3.85. The van der Waals surface area contributed by atoms with Crippen molar-refractivity contribution in [3.05, 3.63) is 22.4 Å². The van der Waals surface area contributed by atoms with Crippen LogP contribution in [0.25, 0.3) is 0 Å². The molecule has 1 fully saturated rings. The van der Waals surface area contributed by atoms with Crippen LogP contribution in [0, 0.1) is 17.7 Å². The number of anilines is 1. The van der Waals surface area contributed by atoms with Crippen LogP contribution in [-0.2, 0) is 10.0 Å². The molecule has 1 aliphatic heterocycles. The molecule has 0 saturated carbocycles. The van der Waals surface area contributed by atoms with Gasteiger partial charge >= 0.3 is 0 Å². The second kappa shape index (κ2) is 5.61. The van der Waals surface area contributed by atoms with E-state index in [0.29, 0.717) is 19.0 Å². The van der Waals surface area contributed by atoms with Gasteiger partial charge in [-0.1, -0.05) is 13.8 Å². The molecule has 1 saturated heterocycles. The van der Waals surface area contributed by atoms with Crippen LogP contribution in [-0.4, -0.2) is 25.8 Å². The van der Waals surface area contributed by atoms with Gasteiger partial charge in [-0.25, -0.2) is 12.8 Å². The molecule has 0 amide bonds. The molecule has 112 valence electrons. The maximum atomic E-state index is 14.1. The van der Waals surface area contributed by atoms with Crippen LogP contribution in [0.3, 0.4) is 0 Å². The van der Waals surface area contributed by atoms with Crippen molar-refractivity contribution in [3.8, 4) is 0 Å². The molecule has 0 spiro atoms. The third-order valence-electron chi connectivity index (χ3n) is 3.93. The fourth-order valence-electron chi connectivity index (χ4n) is 2.35. The van der Waals surface area contributed by atoms with Crippen molar-refractivity contribution >= 4 is 31.6 Å². The Morgan fingerprint density at radius 2 is 2.00 bits per heavy atom. The van der Waals surface area contributed by atoms with E-state index < -0.39 is 15.8 Å². The number of sulfonamides is 1. The smallest absolute Gasteiger partial charge is 0.246 e. The van der Waals surface area contributed by atoms with Crippen molar-refractivity contribution in [2.45, 2.75) is 25.2 Å². The Kier molecular flexibility index (Phi) is 4.41. The van der Waals surface area contributed by atoms with Crippen molar-refractivity contribution < 1.29 is 12.8 Å². The van der Waals surface area contributed by atoms with Gasteiger partial charge in [-0.2, -0.15) is 4.31 Å². The normalized spacial score (nSPS) is 24.8. The van der Waals surface area contributed by atoms with Crippen LogP contribution in [0.15, 0.2) is 21.5 Å². The fourth-order valence-corrected chi connectivity index (χ4v) is 4.64. The van der Waals surface area contributed by atoms with Gasteiger partial charge in [-0.15, -0.1) is 0 Å². The van der Waals surface area contributed by atoms with Crippen molar-refractivity contribution in [3.63, 3.8) is 0 Å². The third-order valence-corrected chi connectivity index (χ3v) is 6.37. The zero-order valence-electron chi connectivity index (χ0n) is 11.4. The second-order valence-corrected chi connectivity index (χ2v) is 8.18. The lowest BCUT2D eigenvalue weighted by Crippen LogP contribution is -2.42. The molecular weight excluding hydrogens is 347 g/mol. The van der Waals surface area contributed by atoms with Crippen LogP contribution >= 0.6 is 15.9 Å². The number of nitrogens with zero attached hydrogens (tertiary/aromatic N) is 1.